The monoisotopic (exact) mass is 438 g/mol. The van der Waals surface area contributed by atoms with E-state index < -0.39 is 5.91 Å². The van der Waals surface area contributed by atoms with Crippen molar-refractivity contribution in [2.75, 3.05) is 34.2 Å². The summed E-state index contributed by atoms with van der Waals surface area (Å²) in [5.74, 6) is -0.313. The third-order valence-electron chi connectivity index (χ3n) is 4.61. The maximum absolute atomic E-state index is 12.1. The predicted molar refractivity (Wildman–Crippen MR) is 124 cm³/mol. The van der Waals surface area contributed by atoms with Crippen LogP contribution in [0.25, 0.3) is 0 Å². The van der Waals surface area contributed by atoms with Gasteiger partial charge in [-0.1, -0.05) is 24.3 Å². The van der Waals surface area contributed by atoms with Crippen LogP contribution in [0.15, 0.2) is 53.5 Å². The molecule has 0 fully saturated rings. The van der Waals surface area contributed by atoms with Gasteiger partial charge >= 0.3 is 0 Å². The van der Waals surface area contributed by atoms with Crippen molar-refractivity contribution in [2.45, 2.75) is 13.0 Å². The van der Waals surface area contributed by atoms with E-state index in [1.54, 1.807) is 38.2 Å². The normalized spacial score (nSPS) is 10.9. The first kappa shape index (κ1) is 24.4. The number of guanidine groups is 1. The maximum Gasteiger partial charge on any atom is 0.253 e. The van der Waals surface area contributed by atoms with E-state index in [1.165, 1.54) is 0 Å². The average Bonchev–Trinajstić information content (AvgIpc) is 2.79. The second kappa shape index (κ2) is 12.1. The minimum atomic E-state index is -0.590. The highest BCUT2D eigenvalue weighted by Gasteiger charge is 2.09. The Hall–Kier alpha value is -3.88. The summed E-state index contributed by atoms with van der Waals surface area (Å²) in [6, 6.07) is 14.6. The Morgan fingerprint density at radius 2 is 1.66 bits per heavy atom. The first-order chi connectivity index (χ1) is 15.3. The minimum absolute atomic E-state index is 0.0198. The minimum Gasteiger partial charge on any atom is -0.368 e. The van der Waals surface area contributed by atoms with E-state index >= 15 is 0 Å². The SMILES string of the molecule is CN=C(NCCc1cccc(C(=O)N(C)C)c1)NCc1ccc(C(=O)NCC(N)=O)cc1. The Labute approximate surface area is 188 Å². The molecule has 0 aliphatic rings. The van der Waals surface area contributed by atoms with Crippen LogP contribution in [0.2, 0.25) is 0 Å². The standard InChI is InChI=1S/C23H30N6O3/c1-25-23(26-12-11-16-5-4-6-19(13-16)22(32)29(2)3)28-14-17-7-9-18(10-8-17)21(31)27-15-20(24)30/h4-10,13H,11-12,14-15H2,1-3H3,(H2,24,30)(H,27,31)(H2,25,26,28). The van der Waals surface area contributed by atoms with E-state index in [-0.39, 0.29) is 18.4 Å². The number of carbonyl (C=O) groups excluding carboxylic acids is 3. The average molecular weight is 439 g/mol. The van der Waals surface area contributed by atoms with Gasteiger partial charge in [-0.15, -0.1) is 0 Å². The lowest BCUT2D eigenvalue weighted by molar-refractivity contribution is -0.117. The number of primary amides is 1. The number of benzene rings is 2. The topological polar surface area (TPSA) is 129 Å². The van der Waals surface area contributed by atoms with Crippen LogP contribution >= 0.6 is 0 Å². The van der Waals surface area contributed by atoms with E-state index in [0.29, 0.717) is 30.2 Å². The third-order valence-corrected chi connectivity index (χ3v) is 4.61. The van der Waals surface area contributed by atoms with Crippen molar-refractivity contribution in [1.82, 2.24) is 20.9 Å². The van der Waals surface area contributed by atoms with Crippen LogP contribution < -0.4 is 21.7 Å². The quantitative estimate of drug-likeness (QED) is 0.335. The number of nitrogens with zero attached hydrogens (tertiary/aromatic N) is 2. The zero-order valence-corrected chi connectivity index (χ0v) is 18.6. The molecule has 0 bridgehead atoms. The second-order valence-electron chi connectivity index (χ2n) is 7.35. The molecule has 2 aromatic carbocycles. The molecule has 0 atom stereocenters. The molecule has 9 nitrogen and oxygen atoms in total. The molecule has 5 N–H and O–H groups in total. The summed E-state index contributed by atoms with van der Waals surface area (Å²) in [4.78, 5) is 40.5. The van der Waals surface area contributed by atoms with Gasteiger partial charge in [0.2, 0.25) is 5.91 Å². The number of carbonyl (C=O) groups is 3. The summed E-state index contributed by atoms with van der Waals surface area (Å²) < 4.78 is 0. The van der Waals surface area contributed by atoms with E-state index in [0.717, 1.165) is 17.5 Å². The van der Waals surface area contributed by atoms with E-state index in [2.05, 4.69) is 20.9 Å². The highest BCUT2D eigenvalue weighted by atomic mass is 16.2. The molecule has 0 spiro atoms. The van der Waals surface area contributed by atoms with Crippen molar-refractivity contribution in [3.05, 3.63) is 70.8 Å². The fraction of sp³-hybridized carbons (Fsp3) is 0.304. The van der Waals surface area contributed by atoms with Crippen molar-refractivity contribution in [3.8, 4) is 0 Å². The van der Waals surface area contributed by atoms with Crippen molar-refractivity contribution >= 4 is 23.7 Å². The molecule has 0 saturated heterocycles. The van der Waals surface area contributed by atoms with Crippen LogP contribution in [0.1, 0.15) is 31.8 Å². The summed E-state index contributed by atoms with van der Waals surface area (Å²) in [5, 5.41) is 8.92. The van der Waals surface area contributed by atoms with E-state index in [1.807, 2.05) is 36.4 Å². The molecule has 0 aliphatic carbocycles. The number of amides is 3. The van der Waals surface area contributed by atoms with E-state index in [4.69, 9.17) is 5.73 Å². The summed E-state index contributed by atoms with van der Waals surface area (Å²) >= 11 is 0. The van der Waals surface area contributed by atoms with Crippen LogP contribution in [0.5, 0.6) is 0 Å². The largest absolute Gasteiger partial charge is 0.368 e. The Bertz CT molecular complexity index is 970. The first-order valence-corrected chi connectivity index (χ1v) is 10.2. The molecule has 2 rings (SSSR count). The van der Waals surface area contributed by atoms with E-state index in [9.17, 15) is 14.4 Å². The number of rotatable bonds is 9. The summed E-state index contributed by atoms with van der Waals surface area (Å²) in [7, 11) is 5.16. The van der Waals surface area contributed by atoms with Crippen molar-refractivity contribution in [1.29, 1.82) is 0 Å². The van der Waals surface area contributed by atoms with Gasteiger partial charge in [0.15, 0.2) is 5.96 Å². The fourth-order valence-electron chi connectivity index (χ4n) is 2.89. The number of hydrogen-bond donors (Lipinski definition) is 4. The highest BCUT2D eigenvalue weighted by molar-refractivity contribution is 5.96. The first-order valence-electron chi connectivity index (χ1n) is 10.2. The molecule has 32 heavy (non-hydrogen) atoms. The Morgan fingerprint density at radius 3 is 2.28 bits per heavy atom. The maximum atomic E-state index is 12.1. The van der Waals surface area contributed by atoms with Crippen LogP contribution in [-0.4, -0.2) is 62.8 Å². The van der Waals surface area contributed by atoms with Crippen LogP contribution in [-0.2, 0) is 17.8 Å². The lowest BCUT2D eigenvalue weighted by Gasteiger charge is -2.13. The molecule has 3 amide bonds. The number of nitrogens with one attached hydrogen (secondary N) is 3. The molecule has 0 aromatic heterocycles. The Kier molecular flexibility index (Phi) is 9.22. The van der Waals surface area contributed by atoms with Gasteiger partial charge in [-0.25, -0.2) is 0 Å². The smallest absolute Gasteiger partial charge is 0.253 e. The lowest BCUT2D eigenvalue weighted by atomic mass is 10.1. The number of nitrogens with two attached hydrogens (primary N) is 1. The number of aliphatic imine (C=N–C) groups is 1. The zero-order valence-electron chi connectivity index (χ0n) is 18.6. The van der Waals surface area contributed by atoms with Gasteiger partial charge in [0, 0.05) is 45.4 Å². The van der Waals surface area contributed by atoms with Gasteiger partial charge in [0.05, 0.1) is 6.54 Å². The van der Waals surface area contributed by atoms with Crippen molar-refractivity contribution < 1.29 is 14.4 Å². The Morgan fingerprint density at radius 1 is 0.938 bits per heavy atom. The van der Waals surface area contributed by atoms with Gasteiger partial charge in [-0.3, -0.25) is 19.4 Å². The molecule has 0 aliphatic heterocycles. The van der Waals surface area contributed by atoms with Gasteiger partial charge in [0.1, 0.15) is 0 Å². The van der Waals surface area contributed by atoms with Gasteiger partial charge in [-0.2, -0.15) is 0 Å². The molecule has 9 heteroatoms. The van der Waals surface area contributed by atoms with Gasteiger partial charge in [-0.05, 0) is 41.8 Å². The highest BCUT2D eigenvalue weighted by Crippen LogP contribution is 2.08. The summed E-state index contributed by atoms with van der Waals surface area (Å²) in [5.41, 5.74) is 8.17. The molecule has 0 radical (unpaired) electrons. The van der Waals surface area contributed by atoms with Crippen LogP contribution in [0.3, 0.4) is 0 Å². The second-order valence-corrected chi connectivity index (χ2v) is 7.35. The molecule has 0 unspecified atom stereocenters. The van der Waals surface area contributed by atoms with Gasteiger partial charge in [0.25, 0.3) is 11.8 Å². The summed E-state index contributed by atoms with van der Waals surface area (Å²) in [6.45, 7) is 0.980. The van der Waals surface area contributed by atoms with Crippen molar-refractivity contribution in [3.63, 3.8) is 0 Å². The van der Waals surface area contributed by atoms with Crippen molar-refractivity contribution in [2.24, 2.45) is 10.7 Å². The predicted octanol–water partition coefficient (Wildman–Crippen LogP) is 0.511. The molecule has 2 aromatic rings. The molecule has 0 heterocycles. The molecule has 170 valence electrons. The van der Waals surface area contributed by atoms with Crippen LogP contribution in [0.4, 0.5) is 0 Å². The lowest BCUT2D eigenvalue weighted by Crippen LogP contribution is -2.37. The third kappa shape index (κ3) is 7.75. The fourth-order valence-corrected chi connectivity index (χ4v) is 2.89. The Balaban J connectivity index is 1.81. The van der Waals surface area contributed by atoms with Gasteiger partial charge < -0.3 is 26.6 Å². The number of hydrogen-bond acceptors (Lipinski definition) is 4. The molecule has 0 saturated carbocycles. The van der Waals surface area contributed by atoms with Crippen LogP contribution in [0, 0.1) is 0 Å². The molecular weight excluding hydrogens is 408 g/mol. The molecular formula is C23H30N6O3. The summed E-state index contributed by atoms with van der Waals surface area (Å²) in [6.07, 6.45) is 0.740. The zero-order chi connectivity index (χ0) is 23.5.